The summed E-state index contributed by atoms with van der Waals surface area (Å²) in [6.45, 7) is 3.19. The summed E-state index contributed by atoms with van der Waals surface area (Å²) in [6, 6.07) is 9.69. The number of nitriles is 1. The lowest BCUT2D eigenvalue weighted by Gasteiger charge is -2.14. The van der Waals surface area contributed by atoms with E-state index < -0.39 is 0 Å². The van der Waals surface area contributed by atoms with Crippen LogP contribution in [-0.2, 0) is 4.74 Å². The van der Waals surface area contributed by atoms with Crippen molar-refractivity contribution in [2.24, 2.45) is 0 Å². The Hall–Kier alpha value is -2.39. The Morgan fingerprint density at radius 2 is 2.33 bits per heavy atom. The number of nitrogens with zero attached hydrogens (tertiary/aromatic N) is 4. The number of hydrogen-bond acceptors (Lipinski definition) is 5. The molecule has 3 rings (SSSR count). The van der Waals surface area contributed by atoms with E-state index in [0.29, 0.717) is 30.4 Å². The molecule has 0 radical (unpaired) electrons. The van der Waals surface area contributed by atoms with Crippen LogP contribution in [0.1, 0.15) is 37.3 Å². The van der Waals surface area contributed by atoms with Gasteiger partial charge in [-0.25, -0.2) is 4.68 Å². The molecule has 1 atom stereocenters. The molecule has 1 saturated heterocycles. The average Bonchev–Trinajstić information content (AvgIpc) is 3.16. The van der Waals surface area contributed by atoms with Gasteiger partial charge in [0, 0.05) is 6.61 Å². The highest BCUT2D eigenvalue weighted by molar-refractivity contribution is 5.48. The van der Waals surface area contributed by atoms with E-state index in [9.17, 15) is 5.26 Å². The van der Waals surface area contributed by atoms with Crippen LogP contribution in [0, 0.1) is 11.3 Å². The molecule has 108 valence electrons. The molecule has 1 aliphatic rings. The Bertz CT molecular complexity index is 669. The summed E-state index contributed by atoms with van der Waals surface area (Å²) in [4.78, 5) is 0. The summed E-state index contributed by atoms with van der Waals surface area (Å²) in [5.41, 5.74) is 1.80. The molecule has 0 N–H and O–H groups in total. The number of benzene rings is 1. The molecular weight excluding hydrogens is 268 g/mol. The van der Waals surface area contributed by atoms with Crippen LogP contribution >= 0.6 is 0 Å². The topological polar surface area (TPSA) is 73.0 Å². The van der Waals surface area contributed by atoms with Crippen LogP contribution in [0.2, 0.25) is 0 Å². The molecule has 1 fully saturated rings. The number of aromatic nitrogens is 3. The van der Waals surface area contributed by atoms with Crippen molar-refractivity contribution in [2.45, 2.75) is 25.9 Å². The Morgan fingerprint density at radius 1 is 1.48 bits per heavy atom. The van der Waals surface area contributed by atoms with E-state index in [1.165, 1.54) is 0 Å². The zero-order valence-corrected chi connectivity index (χ0v) is 11.8. The molecule has 0 bridgehead atoms. The second-order valence-corrected chi connectivity index (χ2v) is 4.75. The molecular formula is C15H16N4O2. The van der Waals surface area contributed by atoms with Crippen molar-refractivity contribution in [3.8, 4) is 17.5 Å². The fourth-order valence-corrected chi connectivity index (χ4v) is 2.54. The van der Waals surface area contributed by atoms with Gasteiger partial charge in [0.05, 0.1) is 6.61 Å². The summed E-state index contributed by atoms with van der Waals surface area (Å²) in [5.74, 6) is 0.716. The monoisotopic (exact) mass is 284 g/mol. The van der Waals surface area contributed by atoms with E-state index >= 15 is 0 Å². The highest BCUT2D eigenvalue weighted by Gasteiger charge is 2.28. The van der Waals surface area contributed by atoms with E-state index in [-0.39, 0.29) is 6.10 Å². The van der Waals surface area contributed by atoms with Crippen LogP contribution in [-0.4, -0.2) is 28.2 Å². The molecule has 0 aliphatic carbocycles. The van der Waals surface area contributed by atoms with Gasteiger partial charge in [-0.2, -0.15) is 5.26 Å². The maximum absolute atomic E-state index is 9.26. The van der Waals surface area contributed by atoms with Crippen molar-refractivity contribution in [1.82, 2.24) is 15.0 Å². The first-order chi connectivity index (χ1) is 10.3. The summed E-state index contributed by atoms with van der Waals surface area (Å²) < 4.78 is 13.0. The van der Waals surface area contributed by atoms with Gasteiger partial charge in [-0.05, 0) is 31.9 Å². The molecule has 1 aromatic heterocycles. The highest BCUT2D eigenvalue weighted by atomic mass is 16.5. The van der Waals surface area contributed by atoms with Crippen LogP contribution in [0.3, 0.4) is 0 Å². The molecule has 1 aliphatic heterocycles. The standard InChI is InChI=1S/C15H16N4O2/c1-2-20-13-7-4-3-6-12(13)19-15(11(10-16)17-18-19)14-8-5-9-21-14/h3-4,6-7,14H,2,5,8-9H2,1H3. The van der Waals surface area contributed by atoms with Gasteiger partial charge in [0.2, 0.25) is 0 Å². The van der Waals surface area contributed by atoms with Gasteiger partial charge in [0.1, 0.15) is 29.3 Å². The zero-order valence-electron chi connectivity index (χ0n) is 11.8. The van der Waals surface area contributed by atoms with Crippen molar-refractivity contribution in [3.05, 3.63) is 35.7 Å². The van der Waals surface area contributed by atoms with Gasteiger partial charge in [0.15, 0.2) is 5.69 Å². The van der Waals surface area contributed by atoms with Gasteiger partial charge < -0.3 is 9.47 Å². The minimum atomic E-state index is -0.135. The second-order valence-electron chi connectivity index (χ2n) is 4.75. The summed E-state index contributed by atoms with van der Waals surface area (Å²) in [6.07, 6.45) is 1.72. The molecule has 0 saturated carbocycles. The predicted molar refractivity (Wildman–Crippen MR) is 75.2 cm³/mol. The zero-order chi connectivity index (χ0) is 14.7. The van der Waals surface area contributed by atoms with Gasteiger partial charge in [-0.1, -0.05) is 17.3 Å². The van der Waals surface area contributed by atoms with Crippen molar-refractivity contribution < 1.29 is 9.47 Å². The van der Waals surface area contributed by atoms with Crippen molar-refractivity contribution in [3.63, 3.8) is 0 Å². The maximum atomic E-state index is 9.26. The first-order valence-corrected chi connectivity index (χ1v) is 7.04. The Kier molecular flexibility index (Phi) is 3.84. The molecule has 1 aromatic carbocycles. The number of rotatable bonds is 4. The molecule has 2 heterocycles. The third-order valence-corrected chi connectivity index (χ3v) is 3.44. The van der Waals surface area contributed by atoms with Gasteiger partial charge in [0.25, 0.3) is 0 Å². The van der Waals surface area contributed by atoms with Crippen LogP contribution in [0.15, 0.2) is 24.3 Å². The van der Waals surface area contributed by atoms with E-state index in [1.807, 2.05) is 31.2 Å². The molecule has 2 aromatic rings. The van der Waals surface area contributed by atoms with Crippen molar-refractivity contribution >= 4 is 0 Å². The summed E-state index contributed by atoms with van der Waals surface area (Å²) >= 11 is 0. The first-order valence-electron chi connectivity index (χ1n) is 7.04. The maximum Gasteiger partial charge on any atom is 0.189 e. The smallest absolute Gasteiger partial charge is 0.189 e. The predicted octanol–water partition coefficient (Wildman–Crippen LogP) is 2.39. The molecule has 6 heteroatoms. The summed E-state index contributed by atoms with van der Waals surface area (Å²) in [7, 11) is 0. The Morgan fingerprint density at radius 3 is 3.05 bits per heavy atom. The van der Waals surface area contributed by atoms with E-state index in [1.54, 1.807) is 4.68 Å². The second kappa shape index (κ2) is 5.94. The van der Waals surface area contributed by atoms with Crippen molar-refractivity contribution in [1.29, 1.82) is 5.26 Å². The van der Waals surface area contributed by atoms with Gasteiger partial charge >= 0.3 is 0 Å². The molecule has 21 heavy (non-hydrogen) atoms. The lowest BCUT2D eigenvalue weighted by molar-refractivity contribution is 0.106. The minimum Gasteiger partial charge on any atom is -0.492 e. The fourth-order valence-electron chi connectivity index (χ4n) is 2.54. The average molecular weight is 284 g/mol. The molecule has 1 unspecified atom stereocenters. The van der Waals surface area contributed by atoms with E-state index in [2.05, 4.69) is 16.4 Å². The summed E-state index contributed by atoms with van der Waals surface area (Å²) in [5, 5.41) is 17.4. The van der Waals surface area contributed by atoms with Gasteiger partial charge in [-0.15, -0.1) is 5.10 Å². The van der Waals surface area contributed by atoms with E-state index in [4.69, 9.17) is 9.47 Å². The Balaban J connectivity index is 2.11. The first kappa shape index (κ1) is 13.6. The van der Waals surface area contributed by atoms with Crippen LogP contribution in [0.25, 0.3) is 5.69 Å². The third-order valence-electron chi connectivity index (χ3n) is 3.44. The van der Waals surface area contributed by atoms with Gasteiger partial charge in [-0.3, -0.25) is 0 Å². The SMILES string of the molecule is CCOc1ccccc1-n1nnc(C#N)c1C1CCCO1. The van der Waals surface area contributed by atoms with E-state index in [0.717, 1.165) is 18.5 Å². The highest BCUT2D eigenvalue weighted by Crippen LogP contribution is 2.33. The van der Waals surface area contributed by atoms with Crippen LogP contribution in [0.4, 0.5) is 0 Å². The fraction of sp³-hybridized carbons (Fsp3) is 0.400. The van der Waals surface area contributed by atoms with Crippen LogP contribution < -0.4 is 4.74 Å². The lowest BCUT2D eigenvalue weighted by Crippen LogP contribution is -2.10. The van der Waals surface area contributed by atoms with Crippen molar-refractivity contribution in [2.75, 3.05) is 13.2 Å². The number of ether oxygens (including phenoxy) is 2. The number of para-hydroxylation sites is 2. The molecule has 0 spiro atoms. The molecule has 6 nitrogen and oxygen atoms in total. The lowest BCUT2D eigenvalue weighted by atomic mass is 10.1. The number of hydrogen-bond donors (Lipinski definition) is 0. The third kappa shape index (κ3) is 2.48. The minimum absolute atomic E-state index is 0.135. The normalized spacial score (nSPS) is 17.6. The largest absolute Gasteiger partial charge is 0.492 e. The molecule has 0 amide bonds. The van der Waals surface area contributed by atoms with Crippen LogP contribution in [0.5, 0.6) is 5.75 Å². The quantitative estimate of drug-likeness (QED) is 0.862. The Labute approximate surface area is 122 Å².